The SMILES string of the molecule is NCc1cc(NC2CCC(=O)NC2=O)ncn1. The first-order chi connectivity index (χ1) is 8.19. The van der Waals surface area contributed by atoms with Crippen molar-refractivity contribution in [1.29, 1.82) is 0 Å². The van der Waals surface area contributed by atoms with Crippen LogP contribution in [0, 0.1) is 0 Å². The zero-order valence-corrected chi connectivity index (χ0v) is 9.14. The second-order valence-corrected chi connectivity index (χ2v) is 3.75. The van der Waals surface area contributed by atoms with Crippen molar-refractivity contribution < 1.29 is 9.59 Å². The van der Waals surface area contributed by atoms with Gasteiger partial charge in [-0.2, -0.15) is 0 Å². The number of piperidine rings is 1. The molecule has 4 N–H and O–H groups in total. The second-order valence-electron chi connectivity index (χ2n) is 3.75. The van der Waals surface area contributed by atoms with Crippen LogP contribution in [0.2, 0.25) is 0 Å². The molecule has 1 aromatic rings. The van der Waals surface area contributed by atoms with Crippen molar-refractivity contribution in [2.75, 3.05) is 5.32 Å². The Morgan fingerprint density at radius 3 is 3.00 bits per heavy atom. The van der Waals surface area contributed by atoms with Gasteiger partial charge in [0.05, 0.1) is 5.69 Å². The molecule has 7 heteroatoms. The van der Waals surface area contributed by atoms with Crippen LogP contribution < -0.4 is 16.4 Å². The van der Waals surface area contributed by atoms with Crippen LogP contribution in [-0.2, 0) is 16.1 Å². The summed E-state index contributed by atoms with van der Waals surface area (Å²) in [5, 5.41) is 5.22. The Labute approximate surface area is 97.8 Å². The first-order valence-electron chi connectivity index (χ1n) is 5.30. The van der Waals surface area contributed by atoms with Crippen molar-refractivity contribution in [1.82, 2.24) is 15.3 Å². The summed E-state index contributed by atoms with van der Waals surface area (Å²) in [6.45, 7) is 0.312. The predicted molar refractivity (Wildman–Crippen MR) is 59.7 cm³/mol. The van der Waals surface area contributed by atoms with Gasteiger partial charge in [-0.05, 0) is 6.42 Å². The van der Waals surface area contributed by atoms with E-state index >= 15 is 0 Å². The number of aromatic nitrogens is 2. The Morgan fingerprint density at radius 1 is 1.47 bits per heavy atom. The molecule has 0 saturated carbocycles. The normalized spacial score (nSPS) is 19.9. The lowest BCUT2D eigenvalue weighted by molar-refractivity contribution is -0.133. The van der Waals surface area contributed by atoms with Gasteiger partial charge in [-0.25, -0.2) is 9.97 Å². The molecule has 1 aliphatic rings. The summed E-state index contributed by atoms with van der Waals surface area (Å²) in [4.78, 5) is 30.4. The zero-order valence-electron chi connectivity index (χ0n) is 9.14. The highest BCUT2D eigenvalue weighted by molar-refractivity contribution is 6.01. The van der Waals surface area contributed by atoms with E-state index in [0.29, 0.717) is 30.9 Å². The largest absolute Gasteiger partial charge is 0.358 e. The number of amides is 2. The minimum Gasteiger partial charge on any atom is -0.358 e. The smallest absolute Gasteiger partial charge is 0.249 e. The molecule has 1 aromatic heterocycles. The van der Waals surface area contributed by atoms with Crippen molar-refractivity contribution in [2.45, 2.75) is 25.4 Å². The highest BCUT2D eigenvalue weighted by atomic mass is 16.2. The standard InChI is InChI=1S/C10H13N5O2/c11-4-6-3-8(13-5-12-6)14-7-1-2-9(16)15-10(7)17/h3,5,7H,1-2,4,11H2,(H,12,13,14)(H,15,16,17). The van der Waals surface area contributed by atoms with Crippen molar-refractivity contribution in [2.24, 2.45) is 5.73 Å². The molecule has 1 saturated heterocycles. The van der Waals surface area contributed by atoms with Crippen LogP contribution in [0.4, 0.5) is 5.82 Å². The molecule has 0 radical (unpaired) electrons. The summed E-state index contributed by atoms with van der Waals surface area (Å²) >= 11 is 0. The van der Waals surface area contributed by atoms with E-state index in [1.165, 1.54) is 6.33 Å². The number of hydrogen-bond acceptors (Lipinski definition) is 6. The maximum absolute atomic E-state index is 11.5. The molecular formula is C10H13N5O2. The summed E-state index contributed by atoms with van der Waals surface area (Å²) in [5.41, 5.74) is 6.14. The highest BCUT2D eigenvalue weighted by Crippen LogP contribution is 2.11. The number of imide groups is 1. The molecular weight excluding hydrogens is 222 g/mol. The van der Waals surface area contributed by atoms with Gasteiger partial charge in [0, 0.05) is 19.0 Å². The molecule has 1 fully saturated rings. The van der Waals surface area contributed by atoms with E-state index < -0.39 is 6.04 Å². The third-order valence-electron chi connectivity index (χ3n) is 2.49. The second kappa shape index (κ2) is 4.88. The average molecular weight is 235 g/mol. The number of nitrogens with zero attached hydrogens (tertiary/aromatic N) is 2. The van der Waals surface area contributed by atoms with Gasteiger partial charge in [-0.15, -0.1) is 0 Å². The van der Waals surface area contributed by atoms with Gasteiger partial charge < -0.3 is 11.1 Å². The maximum atomic E-state index is 11.5. The van der Waals surface area contributed by atoms with Crippen LogP contribution in [0.1, 0.15) is 18.5 Å². The van der Waals surface area contributed by atoms with Crippen LogP contribution in [0.3, 0.4) is 0 Å². The van der Waals surface area contributed by atoms with Crippen molar-refractivity contribution in [3.05, 3.63) is 18.1 Å². The molecule has 0 aromatic carbocycles. The van der Waals surface area contributed by atoms with Crippen LogP contribution in [0.25, 0.3) is 0 Å². The molecule has 2 amide bonds. The van der Waals surface area contributed by atoms with Gasteiger partial charge >= 0.3 is 0 Å². The highest BCUT2D eigenvalue weighted by Gasteiger charge is 2.26. The van der Waals surface area contributed by atoms with Crippen molar-refractivity contribution >= 4 is 17.6 Å². The molecule has 7 nitrogen and oxygen atoms in total. The lowest BCUT2D eigenvalue weighted by atomic mass is 10.1. The first-order valence-corrected chi connectivity index (χ1v) is 5.30. The van der Waals surface area contributed by atoms with Gasteiger partial charge in [-0.3, -0.25) is 14.9 Å². The maximum Gasteiger partial charge on any atom is 0.249 e. The Bertz CT molecular complexity index is 448. The molecule has 17 heavy (non-hydrogen) atoms. The summed E-state index contributed by atoms with van der Waals surface area (Å²) in [6.07, 6.45) is 2.18. The number of hydrogen-bond donors (Lipinski definition) is 3. The van der Waals surface area contributed by atoms with E-state index in [4.69, 9.17) is 5.73 Å². The molecule has 0 spiro atoms. The average Bonchev–Trinajstić information content (AvgIpc) is 2.33. The van der Waals surface area contributed by atoms with E-state index in [0.717, 1.165) is 0 Å². The number of carbonyl (C=O) groups is 2. The van der Waals surface area contributed by atoms with Crippen LogP contribution in [0.5, 0.6) is 0 Å². The van der Waals surface area contributed by atoms with E-state index in [9.17, 15) is 9.59 Å². The predicted octanol–water partition coefficient (Wildman–Crippen LogP) is -0.848. The van der Waals surface area contributed by atoms with Crippen LogP contribution >= 0.6 is 0 Å². The quantitative estimate of drug-likeness (QED) is 0.589. The molecule has 90 valence electrons. The van der Waals surface area contributed by atoms with Crippen molar-refractivity contribution in [3.8, 4) is 0 Å². The fourth-order valence-electron chi connectivity index (χ4n) is 1.60. The van der Waals surface area contributed by atoms with E-state index in [1.54, 1.807) is 6.07 Å². The Hall–Kier alpha value is -2.02. The van der Waals surface area contributed by atoms with Gasteiger partial charge in [-0.1, -0.05) is 0 Å². The summed E-state index contributed by atoms with van der Waals surface area (Å²) in [6, 6.07) is 1.25. The van der Waals surface area contributed by atoms with E-state index in [-0.39, 0.29) is 11.8 Å². The fraction of sp³-hybridized carbons (Fsp3) is 0.400. The summed E-state index contributed by atoms with van der Waals surface area (Å²) in [5.74, 6) is -0.0255. The van der Waals surface area contributed by atoms with Gasteiger partial charge in [0.15, 0.2) is 0 Å². The molecule has 1 unspecified atom stereocenters. The number of anilines is 1. The number of carbonyl (C=O) groups excluding carboxylic acids is 2. The summed E-state index contributed by atoms with van der Waals surface area (Å²) in [7, 11) is 0. The number of rotatable bonds is 3. The lowest BCUT2D eigenvalue weighted by Crippen LogP contribution is -2.47. The third-order valence-corrected chi connectivity index (χ3v) is 2.49. The first kappa shape index (κ1) is 11.5. The van der Waals surface area contributed by atoms with Crippen LogP contribution in [-0.4, -0.2) is 27.8 Å². The van der Waals surface area contributed by atoms with E-state index in [1.807, 2.05) is 0 Å². The number of nitrogens with one attached hydrogen (secondary N) is 2. The molecule has 2 rings (SSSR count). The Balaban J connectivity index is 2.05. The lowest BCUT2D eigenvalue weighted by Gasteiger charge is -2.22. The Kier molecular flexibility index (Phi) is 3.29. The number of nitrogens with two attached hydrogens (primary N) is 1. The molecule has 1 atom stereocenters. The molecule has 2 heterocycles. The monoisotopic (exact) mass is 235 g/mol. The molecule has 0 bridgehead atoms. The van der Waals surface area contributed by atoms with Gasteiger partial charge in [0.25, 0.3) is 0 Å². The molecule has 1 aliphatic heterocycles. The minimum atomic E-state index is -0.437. The third kappa shape index (κ3) is 2.76. The Morgan fingerprint density at radius 2 is 2.29 bits per heavy atom. The fourth-order valence-corrected chi connectivity index (χ4v) is 1.60. The summed E-state index contributed by atoms with van der Waals surface area (Å²) < 4.78 is 0. The van der Waals surface area contributed by atoms with Gasteiger partial charge in [0.2, 0.25) is 11.8 Å². The van der Waals surface area contributed by atoms with E-state index in [2.05, 4.69) is 20.6 Å². The zero-order chi connectivity index (χ0) is 12.3. The van der Waals surface area contributed by atoms with Crippen molar-refractivity contribution in [3.63, 3.8) is 0 Å². The van der Waals surface area contributed by atoms with Gasteiger partial charge in [0.1, 0.15) is 18.2 Å². The van der Waals surface area contributed by atoms with Crippen LogP contribution in [0.15, 0.2) is 12.4 Å². The minimum absolute atomic E-state index is 0.238. The molecule has 0 aliphatic carbocycles. The topological polar surface area (TPSA) is 110 Å².